The first-order chi connectivity index (χ1) is 19.0. The van der Waals surface area contributed by atoms with Crippen LogP contribution in [-0.4, -0.2) is 66.0 Å². The summed E-state index contributed by atoms with van der Waals surface area (Å²) in [5.41, 5.74) is 2.39. The van der Waals surface area contributed by atoms with E-state index in [1.54, 1.807) is 29.2 Å². The molecule has 1 N–H and O–H groups in total. The molecule has 8 heteroatoms. The average molecular weight is 592 g/mol. The maximum atomic E-state index is 13.3. The highest BCUT2D eigenvalue weighted by Crippen LogP contribution is 2.40. The minimum atomic E-state index is -0.693. The number of morpholine rings is 1. The molecular weight excluding hydrogens is 560 g/mol. The first-order valence-electron chi connectivity index (χ1n) is 13.1. The number of Topliss-reactive ketones (excluding diaryl/α,β-unsaturated/α-hetero) is 1. The van der Waals surface area contributed by atoms with Crippen LogP contribution in [0.1, 0.15) is 29.2 Å². The fraction of sp³-hybridized carbons (Fsp3) is 0.290. The van der Waals surface area contributed by atoms with Crippen molar-refractivity contribution in [3.8, 4) is 5.75 Å². The maximum Gasteiger partial charge on any atom is 0.295 e. The molecule has 2 fully saturated rings. The lowest BCUT2D eigenvalue weighted by Gasteiger charge is -2.29. The Morgan fingerprint density at radius 1 is 0.923 bits per heavy atom. The zero-order valence-corrected chi connectivity index (χ0v) is 23.2. The van der Waals surface area contributed by atoms with Crippen LogP contribution < -0.4 is 4.74 Å². The van der Waals surface area contributed by atoms with Crippen molar-refractivity contribution in [3.63, 3.8) is 0 Å². The van der Waals surface area contributed by atoms with E-state index in [0.717, 1.165) is 35.2 Å². The van der Waals surface area contributed by atoms with E-state index in [-0.39, 0.29) is 11.3 Å². The minimum Gasteiger partial charge on any atom is -0.507 e. The number of ether oxygens (including phenoxy) is 2. The second kappa shape index (κ2) is 12.6. The van der Waals surface area contributed by atoms with Crippen LogP contribution in [0.4, 0.5) is 0 Å². The zero-order valence-electron chi connectivity index (χ0n) is 21.6. The molecule has 1 unspecified atom stereocenters. The number of ketones is 1. The van der Waals surface area contributed by atoms with Gasteiger partial charge < -0.3 is 19.5 Å². The molecule has 5 rings (SSSR count). The van der Waals surface area contributed by atoms with Gasteiger partial charge in [0.2, 0.25) is 0 Å². The maximum absolute atomic E-state index is 13.3. The lowest BCUT2D eigenvalue weighted by molar-refractivity contribution is -0.140. The Morgan fingerprint density at radius 2 is 1.62 bits per heavy atom. The third-order valence-corrected chi connectivity index (χ3v) is 7.61. The number of nitrogens with zero attached hydrogens (tertiary/aromatic N) is 2. The van der Waals surface area contributed by atoms with E-state index >= 15 is 0 Å². The topological polar surface area (TPSA) is 79.3 Å². The van der Waals surface area contributed by atoms with E-state index in [1.807, 2.05) is 54.6 Å². The highest BCUT2D eigenvalue weighted by atomic mass is 79.9. The summed E-state index contributed by atoms with van der Waals surface area (Å²) in [5, 5.41) is 11.3. The van der Waals surface area contributed by atoms with E-state index in [2.05, 4.69) is 20.8 Å². The van der Waals surface area contributed by atoms with Gasteiger partial charge >= 0.3 is 0 Å². The summed E-state index contributed by atoms with van der Waals surface area (Å²) in [5.74, 6) is -0.757. The summed E-state index contributed by atoms with van der Waals surface area (Å²) >= 11 is 3.40. The van der Waals surface area contributed by atoms with Crippen molar-refractivity contribution in [2.75, 3.05) is 39.4 Å². The Kier molecular flexibility index (Phi) is 8.76. The molecule has 1 atom stereocenters. The third kappa shape index (κ3) is 6.41. The van der Waals surface area contributed by atoms with Gasteiger partial charge in [-0.2, -0.15) is 0 Å². The summed E-state index contributed by atoms with van der Waals surface area (Å²) in [6.45, 7) is 4.76. The molecule has 0 spiro atoms. The van der Waals surface area contributed by atoms with Gasteiger partial charge in [0.15, 0.2) is 0 Å². The molecule has 202 valence electrons. The zero-order chi connectivity index (χ0) is 27.2. The van der Waals surface area contributed by atoms with Gasteiger partial charge in [-0.25, -0.2) is 0 Å². The normalized spacial score (nSPS) is 19.4. The van der Waals surface area contributed by atoms with Crippen LogP contribution in [0.3, 0.4) is 0 Å². The molecule has 2 aliphatic heterocycles. The molecule has 2 heterocycles. The number of aliphatic hydroxyl groups excluding tert-OH is 1. The fourth-order valence-electron chi connectivity index (χ4n) is 5.00. The lowest BCUT2D eigenvalue weighted by Crippen LogP contribution is -2.38. The second-order valence-electron chi connectivity index (χ2n) is 9.65. The number of hydrogen-bond acceptors (Lipinski definition) is 6. The Balaban J connectivity index is 1.41. The van der Waals surface area contributed by atoms with Crippen LogP contribution in [0.25, 0.3) is 5.76 Å². The summed E-state index contributed by atoms with van der Waals surface area (Å²) < 4.78 is 12.2. The Morgan fingerprint density at radius 3 is 2.31 bits per heavy atom. The first-order valence-corrected chi connectivity index (χ1v) is 13.9. The van der Waals surface area contributed by atoms with E-state index in [0.29, 0.717) is 44.1 Å². The van der Waals surface area contributed by atoms with Crippen molar-refractivity contribution >= 4 is 33.4 Å². The van der Waals surface area contributed by atoms with Gasteiger partial charge in [0, 0.05) is 36.2 Å². The van der Waals surface area contributed by atoms with E-state index in [9.17, 15) is 14.7 Å². The van der Waals surface area contributed by atoms with Crippen molar-refractivity contribution in [1.29, 1.82) is 0 Å². The molecule has 39 heavy (non-hydrogen) atoms. The van der Waals surface area contributed by atoms with Crippen molar-refractivity contribution in [2.45, 2.75) is 19.1 Å². The SMILES string of the molecule is O=C1C(=O)N(CCCN2CCOCC2)C(c2ccc(OCc3ccccc3)cc2)C1=C(O)c1ccc(Br)cc1. The lowest BCUT2D eigenvalue weighted by atomic mass is 9.95. The average Bonchev–Trinajstić information content (AvgIpc) is 3.22. The summed E-state index contributed by atoms with van der Waals surface area (Å²) in [4.78, 5) is 30.5. The van der Waals surface area contributed by atoms with Gasteiger partial charge in [0.25, 0.3) is 11.7 Å². The standard InChI is InChI=1S/C31H31BrN2O5/c32-25-11-7-24(8-12-25)29(35)27-28(23-9-13-26(14-10-23)39-21-22-5-2-1-3-6-22)34(31(37)30(27)36)16-4-15-33-17-19-38-20-18-33/h1-3,5-14,28,35H,4,15-21H2. The molecule has 7 nitrogen and oxygen atoms in total. The molecule has 3 aromatic rings. The highest BCUT2D eigenvalue weighted by molar-refractivity contribution is 9.10. The van der Waals surface area contributed by atoms with Crippen molar-refractivity contribution in [3.05, 3.63) is 106 Å². The molecule has 0 aromatic heterocycles. The van der Waals surface area contributed by atoms with Gasteiger partial charge in [-0.1, -0.05) is 70.5 Å². The van der Waals surface area contributed by atoms with Crippen LogP contribution in [0.5, 0.6) is 5.75 Å². The smallest absolute Gasteiger partial charge is 0.295 e. The first kappa shape index (κ1) is 27.1. The predicted molar refractivity (Wildman–Crippen MR) is 152 cm³/mol. The largest absolute Gasteiger partial charge is 0.507 e. The molecule has 1 amide bonds. The van der Waals surface area contributed by atoms with Crippen LogP contribution in [0.2, 0.25) is 0 Å². The Labute approximate surface area is 236 Å². The number of likely N-dealkylation sites (tertiary alicyclic amines) is 1. The highest BCUT2D eigenvalue weighted by Gasteiger charge is 2.45. The molecule has 0 radical (unpaired) electrons. The minimum absolute atomic E-state index is 0.103. The Bertz CT molecular complexity index is 1320. The number of halogens is 1. The number of aliphatic hydroxyl groups is 1. The van der Waals surface area contributed by atoms with Gasteiger partial charge in [-0.3, -0.25) is 14.5 Å². The van der Waals surface area contributed by atoms with Gasteiger partial charge in [0.05, 0.1) is 24.8 Å². The van der Waals surface area contributed by atoms with E-state index in [4.69, 9.17) is 9.47 Å². The predicted octanol–water partition coefficient (Wildman–Crippen LogP) is 5.17. The monoisotopic (exact) mass is 590 g/mol. The van der Waals surface area contributed by atoms with Gasteiger partial charge in [-0.05, 0) is 41.8 Å². The molecule has 0 saturated carbocycles. The molecule has 2 saturated heterocycles. The number of carbonyl (C=O) groups is 2. The van der Waals surface area contributed by atoms with Crippen LogP contribution in [-0.2, 0) is 20.9 Å². The second-order valence-corrected chi connectivity index (χ2v) is 10.6. The summed E-state index contributed by atoms with van der Waals surface area (Å²) in [7, 11) is 0. The van der Waals surface area contributed by atoms with Gasteiger partial charge in [0.1, 0.15) is 18.1 Å². The summed E-state index contributed by atoms with van der Waals surface area (Å²) in [6, 6.07) is 23.6. The number of benzene rings is 3. The Hall–Kier alpha value is -3.46. The number of carbonyl (C=O) groups excluding carboxylic acids is 2. The quantitative estimate of drug-likeness (QED) is 0.210. The van der Waals surface area contributed by atoms with E-state index < -0.39 is 17.7 Å². The van der Waals surface area contributed by atoms with Crippen molar-refractivity contribution < 1.29 is 24.2 Å². The van der Waals surface area contributed by atoms with Crippen LogP contribution >= 0.6 is 15.9 Å². The molecule has 0 bridgehead atoms. The van der Waals surface area contributed by atoms with E-state index in [1.165, 1.54) is 0 Å². The molecular formula is C31H31BrN2O5. The van der Waals surface area contributed by atoms with Crippen molar-refractivity contribution in [2.24, 2.45) is 0 Å². The summed E-state index contributed by atoms with van der Waals surface area (Å²) in [6.07, 6.45) is 0.708. The number of amides is 1. The molecule has 3 aromatic carbocycles. The van der Waals surface area contributed by atoms with Gasteiger partial charge in [-0.15, -0.1) is 0 Å². The third-order valence-electron chi connectivity index (χ3n) is 7.08. The van der Waals surface area contributed by atoms with Crippen LogP contribution in [0, 0.1) is 0 Å². The molecule has 2 aliphatic rings. The number of hydrogen-bond donors (Lipinski definition) is 1. The molecule has 0 aliphatic carbocycles. The van der Waals surface area contributed by atoms with Crippen molar-refractivity contribution in [1.82, 2.24) is 9.80 Å². The number of rotatable bonds is 9. The van der Waals surface area contributed by atoms with Crippen LogP contribution in [0.15, 0.2) is 88.9 Å². The fourth-order valence-corrected chi connectivity index (χ4v) is 5.26.